The third-order valence-corrected chi connectivity index (χ3v) is 5.56. The lowest BCUT2D eigenvalue weighted by Crippen LogP contribution is -2.46. The Balaban J connectivity index is 2.26. The van der Waals surface area contributed by atoms with Gasteiger partial charge < -0.3 is 0 Å². The van der Waals surface area contributed by atoms with Gasteiger partial charge in [0.1, 0.15) is 5.82 Å². The predicted molar refractivity (Wildman–Crippen MR) is 94.2 cm³/mol. The lowest BCUT2D eigenvalue weighted by Gasteiger charge is -2.30. The van der Waals surface area contributed by atoms with E-state index in [1.54, 1.807) is 0 Å². The molecular weight excluding hydrogens is 439 g/mol. The number of sulfone groups is 1. The van der Waals surface area contributed by atoms with Crippen molar-refractivity contribution in [3.8, 4) is 0 Å². The minimum atomic E-state index is -5.71. The molecule has 160 valence electrons. The van der Waals surface area contributed by atoms with Crippen LogP contribution in [0.1, 0.15) is 11.1 Å². The molecule has 0 saturated carbocycles. The Hall–Kier alpha value is -2.69. The Kier molecular flexibility index (Phi) is 5.08. The van der Waals surface area contributed by atoms with Crippen LogP contribution in [0.15, 0.2) is 59.8 Å². The van der Waals surface area contributed by atoms with Gasteiger partial charge in [0, 0.05) is 18.0 Å². The van der Waals surface area contributed by atoms with Crippen LogP contribution in [0.25, 0.3) is 11.1 Å². The van der Waals surface area contributed by atoms with E-state index in [4.69, 9.17) is 0 Å². The van der Waals surface area contributed by atoms with Crippen molar-refractivity contribution in [1.82, 2.24) is 4.98 Å². The van der Waals surface area contributed by atoms with Crippen LogP contribution in [0.2, 0.25) is 0 Å². The van der Waals surface area contributed by atoms with E-state index in [1.807, 2.05) is 0 Å². The zero-order valence-corrected chi connectivity index (χ0v) is 15.8. The molecule has 1 aromatic carbocycles. The quantitative estimate of drug-likeness (QED) is 0.602. The van der Waals surface area contributed by atoms with Crippen molar-refractivity contribution in [2.75, 3.05) is 6.26 Å². The molecule has 0 saturated heterocycles. The van der Waals surface area contributed by atoms with Gasteiger partial charge in [0.05, 0.1) is 0 Å². The van der Waals surface area contributed by atoms with Gasteiger partial charge in [-0.3, -0.25) is 0 Å². The largest absolute Gasteiger partial charge is 0.410 e. The number of hydrogen-bond donors (Lipinski definition) is 0. The molecule has 3 nitrogen and oxygen atoms in total. The second kappa shape index (κ2) is 6.93. The van der Waals surface area contributed by atoms with Crippen LogP contribution in [0.4, 0.5) is 30.7 Å². The average Bonchev–Trinajstić information content (AvgIpc) is 3.04. The monoisotopic (exact) mass is 451 g/mol. The number of hydrogen-bond acceptors (Lipinski definition) is 3. The molecule has 30 heavy (non-hydrogen) atoms. The molecule has 0 fully saturated rings. The fourth-order valence-electron chi connectivity index (χ4n) is 3.01. The summed E-state index contributed by atoms with van der Waals surface area (Å²) in [6.07, 6.45) is -9.62. The number of aromatic nitrogens is 1. The van der Waals surface area contributed by atoms with Crippen molar-refractivity contribution in [2.45, 2.75) is 17.4 Å². The first-order valence-corrected chi connectivity index (χ1v) is 10.1. The highest BCUT2D eigenvalue weighted by Crippen LogP contribution is 2.59. The zero-order valence-electron chi connectivity index (χ0n) is 15.0. The summed E-state index contributed by atoms with van der Waals surface area (Å²) in [5.74, 6) is -0.722. The highest BCUT2D eigenvalue weighted by atomic mass is 32.2. The van der Waals surface area contributed by atoms with Gasteiger partial charge >= 0.3 is 12.4 Å². The molecule has 1 aliphatic carbocycles. The topological polar surface area (TPSA) is 47.0 Å². The van der Waals surface area contributed by atoms with E-state index in [9.17, 15) is 39.2 Å². The molecule has 0 atom stereocenters. The third-order valence-electron chi connectivity index (χ3n) is 4.55. The van der Waals surface area contributed by atoms with E-state index < -0.39 is 49.6 Å². The minimum Gasteiger partial charge on any atom is -0.244 e. The number of rotatable bonds is 3. The van der Waals surface area contributed by atoms with Gasteiger partial charge in [0.25, 0.3) is 0 Å². The van der Waals surface area contributed by atoms with Crippen molar-refractivity contribution in [3.05, 3.63) is 71.7 Å². The Labute approximate surface area is 166 Å². The summed E-state index contributed by atoms with van der Waals surface area (Å²) in [5, 5.41) is -0.393. The van der Waals surface area contributed by atoms with Crippen LogP contribution in [-0.4, -0.2) is 32.0 Å². The van der Waals surface area contributed by atoms with Crippen LogP contribution in [-0.2, 0) is 9.84 Å². The Bertz CT molecular complexity index is 1110. The number of allylic oxidation sites excluding steroid dienone is 4. The number of halogens is 7. The number of nitrogens with zero attached hydrogens (tertiary/aromatic N) is 1. The molecule has 0 amide bonds. The summed E-state index contributed by atoms with van der Waals surface area (Å²) in [7, 11) is -3.73. The number of benzene rings is 1. The van der Waals surface area contributed by atoms with E-state index >= 15 is 0 Å². The zero-order chi connectivity index (χ0) is 22.5. The van der Waals surface area contributed by atoms with Gasteiger partial charge in [-0.15, -0.1) is 0 Å². The highest BCUT2D eigenvalue weighted by molar-refractivity contribution is 7.90. The third kappa shape index (κ3) is 3.73. The van der Waals surface area contributed by atoms with Crippen LogP contribution in [0.5, 0.6) is 0 Å². The fraction of sp³-hybridized carbons (Fsp3) is 0.211. The molecule has 0 spiro atoms. The van der Waals surface area contributed by atoms with Gasteiger partial charge in [-0.05, 0) is 53.1 Å². The molecule has 0 bridgehead atoms. The van der Waals surface area contributed by atoms with E-state index in [0.29, 0.717) is 0 Å². The van der Waals surface area contributed by atoms with E-state index in [1.165, 1.54) is 0 Å². The maximum atomic E-state index is 13.6. The minimum absolute atomic E-state index is 0.0306. The van der Waals surface area contributed by atoms with Crippen molar-refractivity contribution >= 4 is 21.0 Å². The predicted octanol–water partition coefficient (Wildman–Crippen LogP) is 5.22. The average molecular weight is 451 g/mol. The van der Waals surface area contributed by atoms with Gasteiger partial charge in [-0.25, -0.2) is 17.8 Å². The van der Waals surface area contributed by atoms with E-state index in [-0.39, 0.29) is 23.3 Å². The van der Waals surface area contributed by atoms with E-state index in [0.717, 1.165) is 48.9 Å². The van der Waals surface area contributed by atoms with E-state index in [2.05, 4.69) is 4.98 Å². The van der Waals surface area contributed by atoms with Crippen molar-refractivity contribution in [3.63, 3.8) is 0 Å². The molecular formula is C19H12F7NO2S. The molecule has 1 aliphatic rings. The Morgan fingerprint density at radius 1 is 0.800 bits per heavy atom. The normalized spacial score (nSPS) is 16.9. The first kappa shape index (κ1) is 22.0. The first-order valence-electron chi connectivity index (χ1n) is 8.18. The summed E-state index contributed by atoms with van der Waals surface area (Å²) in [6, 6.07) is 5.95. The van der Waals surface area contributed by atoms with Gasteiger partial charge in [-0.2, -0.15) is 26.3 Å². The fourth-order valence-corrected chi connectivity index (χ4v) is 3.57. The molecule has 1 heterocycles. The summed E-state index contributed by atoms with van der Waals surface area (Å²) in [5.41, 5.74) is -5.39. The van der Waals surface area contributed by atoms with Crippen molar-refractivity contribution in [2.24, 2.45) is 5.41 Å². The lowest BCUT2D eigenvalue weighted by atomic mass is 9.87. The first-order chi connectivity index (χ1) is 13.7. The van der Waals surface area contributed by atoms with Crippen molar-refractivity contribution < 1.29 is 39.2 Å². The Morgan fingerprint density at radius 2 is 1.27 bits per heavy atom. The molecule has 2 aromatic rings. The van der Waals surface area contributed by atoms with Gasteiger partial charge in [-0.1, -0.05) is 12.1 Å². The molecule has 0 radical (unpaired) electrons. The molecule has 11 heteroatoms. The van der Waals surface area contributed by atoms with Crippen LogP contribution in [0.3, 0.4) is 0 Å². The number of pyridine rings is 1. The SMILES string of the molecule is CS(=O)(=O)c1ccc(C2=CC(C(F)(F)F)(C(F)(F)F)C=C2c2ccc(F)cc2)cn1. The maximum absolute atomic E-state index is 13.6. The molecule has 1 aromatic heterocycles. The Morgan fingerprint density at radius 3 is 1.67 bits per heavy atom. The standard InChI is InChI=1S/C19H12F7NO2S/c1-30(28,29)16-7-4-12(10-27-16)15-9-17(18(21,22)23,19(24,25)26)8-14(15)11-2-5-13(20)6-3-11/h2-10H,1H3. The molecule has 0 aliphatic heterocycles. The second-order valence-corrected chi connectivity index (χ2v) is 8.61. The summed E-state index contributed by atoms with van der Waals surface area (Å²) in [4.78, 5) is 3.63. The van der Waals surface area contributed by atoms with Gasteiger partial charge in [0.15, 0.2) is 20.3 Å². The molecule has 0 unspecified atom stereocenters. The van der Waals surface area contributed by atoms with Crippen LogP contribution >= 0.6 is 0 Å². The highest BCUT2D eigenvalue weighted by Gasteiger charge is 2.70. The van der Waals surface area contributed by atoms with Crippen LogP contribution in [0, 0.1) is 11.2 Å². The summed E-state index contributed by atoms with van der Waals surface area (Å²) < 4.78 is 118. The smallest absolute Gasteiger partial charge is 0.244 e. The van der Waals surface area contributed by atoms with Gasteiger partial charge in [0.2, 0.25) is 0 Å². The van der Waals surface area contributed by atoms with Crippen LogP contribution < -0.4 is 0 Å². The summed E-state index contributed by atoms with van der Waals surface area (Å²) >= 11 is 0. The van der Waals surface area contributed by atoms with Crippen molar-refractivity contribution in [1.29, 1.82) is 0 Å². The maximum Gasteiger partial charge on any atom is 0.410 e. The summed E-state index contributed by atoms with van der Waals surface area (Å²) in [6.45, 7) is 0. The molecule has 0 N–H and O–H groups in total. The second-order valence-electron chi connectivity index (χ2n) is 6.64. The number of alkyl halides is 6. The molecule has 3 rings (SSSR count). The lowest BCUT2D eigenvalue weighted by molar-refractivity contribution is -0.301.